The molecule has 0 aliphatic carbocycles. The van der Waals surface area contributed by atoms with Gasteiger partial charge in [-0.05, 0) is 19.1 Å². The Balaban J connectivity index is 1.47. The predicted molar refractivity (Wildman–Crippen MR) is 96.1 cm³/mol. The van der Waals surface area contributed by atoms with Crippen LogP contribution in [-0.4, -0.2) is 38.6 Å². The van der Waals surface area contributed by atoms with Crippen molar-refractivity contribution >= 4 is 11.6 Å². The van der Waals surface area contributed by atoms with Crippen LogP contribution in [0.5, 0.6) is 0 Å². The van der Waals surface area contributed by atoms with Gasteiger partial charge >= 0.3 is 0 Å². The second-order valence-electron chi connectivity index (χ2n) is 6.99. The molecule has 1 heterocycles. The molecular weight excluding hydrogens is 336 g/mol. The SMILES string of the molecule is Cc1cccc(C[NH+]2CC[NH+](CC(=O)Nc3c(F)cccc3F)CC2)c1. The number of rotatable bonds is 5. The summed E-state index contributed by atoms with van der Waals surface area (Å²) in [6.07, 6.45) is 0. The molecule has 26 heavy (non-hydrogen) atoms. The van der Waals surface area contributed by atoms with Gasteiger partial charge in [-0.3, -0.25) is 4.79 Å². The second-order valence-corrected chi connectivity index (χ2v) is 6.99. The monoisotopic (exact) mass is 361 g/mol. The van der Waals surface area contributed by atoms with Gasteiger partial charge in [-0.2, -0.15) is 0 Å². The lowest BCUT2D eigenvalue weighted by atomic mass is 10.1. The van der Waals surface area contributed by atoms with Gasteiger partial charge < -0.3 is 15.1 Å². The van der Waals surface area contributed by atoms with Gasteiger partial charge in [-0.1, -0.05) is 35.9 Å². The minimum Gasteiger partial charge on any atom is -0.322 e. The lowest BCUT2D eigenvalue weighted by molar-refractivity contribution is -1.02. The molecule has 1 fully saturated rings. The first-order valence-corrected chi connectivity index (χ1v) is 8.98. The molecule has 138 valence electrons. The van der Waals surface area contributed by atoms with E-state index in [1.807, 2.05) is 0 Å². The quantitative estimate of drug-likeness (QED) is 0.699. The number of quaternary nitrogens is 2. The summed E-state index contributed by atoms with van der Waals surface area (Å²) >= 11 is 0. The highest BCUT2D eigenvalue weighted by atomic mass is 19.1. The Kier molecular flexibility index (Phi) is 5.96. The van der Waals surface area contributed by atoms with E-state index in [1.165, 1.54) is 22.1 Å². The molecule has 4 nitrogen and oxygen atoms in total. The number of piperazine rings is 1. The minimum absolute atomic E-state index is 0.228. The van der Waals surface area contributed by atoms with E-state index in [1.54, 1.807) is 0 Å². The topological polar surface area (TPSA) is 38.0 Å². The zero-order valence-corrected chi connectivity index (χ0v) is 14.9. The van der Waals surface area contributed by atoms with Crippen molar-refractivity contribution in [3.05, 3.63) is 65.2 Å². The summed E-state index contributed by atoms with van der Waals surface area (Å²) in [5.41, 5.74) is 2.24. The number of nitrogens with one attached hydrogen (secondary N) is 3. The van der Waals surface area contributed by atoms with E-state index in [0.717, 1.165) is 49.8 Å². The van der Waals surface area contributed by atoms with Gasteiger partial charge in [-0.15, -0.1) is 0 Å². The van der Waals surface area contributed by atoms with Crippen LogP contribution >= 0.6 is 0 Å². The van der Waals surface area contributed by atoms with Crippen LogP contribution < -0.4 is 15.1 Å². The predicted octanol–water partition coefficient (Wildman–Crippen LogP) is 0.195. The lowest BCUT2D eigenvalue weighted by Crippen LogP contribution is -3.28. The number of anilines is 1. The third-order valence-corrected chi connectivity index (χ3v) is 4.84. The molecule has 1 aliphatic heterocycles. The van der Waals surface area contributed by atoms with Crippen molar-refractivity contribution in [2.75, 3.05) is 38.0 Å². The number of hydrogen-bond donors (Lipinski definition) is 3. The van der Waals surface area contributed by atoms with Crippen LogP contribution in [0.1, 0.15) is 11.1 Å². The lowest BCUT2D eigenvalue weighted by Gasteiger charge is -2.29. The summed E-state index contributed by atoms with van der Waals surface area (Å²) in [5, 5.41) is 2.37. The summed E-state index contributed by atoms with van der Waals surface area (Å²) in [4.78, 5) is 14.8. The van der Waals surface area contributed by atoms with Gasteiger partial charge in [0, 0.05) is 5.56 Å². The van der Waals surface area contributed by atoms with Crippen molar-refractivity contribution in [3.63, 3.8) is 0 Å². The molecule has 0 bridgehead atoms. The molecule has 0 radical (unpaired) electrons. The summed E-state index contributed by atoms with van der Waals surface area (Å²) in [7, 11) is 0. The summed E-state index contributed by atoms with van der Waals surface area (Å²) < 4.78 is 27.2. The molecule has 2 aromatic carbocycles. The van der Waals surface area contributed by atoms with Crippen LogP contribution in [0.25, 0.3) is 0 Å². The third kappa shape index (κ3) is 4.86. The molecule has 3 N–H and O–H groups in total. The fourth-order valence-corrected chi connectivity index (χ4v) is 3.45. The molecule has 0 spiro atoms. The molecule has 0 saturated carbocycles. The number of para-hydroxylation sites is 1. The standard InChI is InChI=1S/C20H23F2N3O/c1-15-4-2-5-16(12-15)13-24-8-10-25(11-9-24)14-19(26)23-20-17(21)6-3-7-18(20)22/h2-7,12H,8-11,13-14H2,1H3,(H,23,26)/p+2. The van der Waals surface area contributed by atoms with Crippen molar-refractivity contribution in [3.8, 4) is 0 Å². The van der Waals surface area contributed by atoms with Gasteiger partial charge in [0.1, 0.15) is 50.0 Å². The van der Waals surface area contributed by atoms with Crippen molar-refractivity contribution < 1.29 is 23.4 Å². The molecule has 0 atom stereocenters. The maximum Gasteiger partial charge on any atom is 0.279 e. The number of amides is 1. The van der Waals surface area contributed by atoms with Crippen molar-refractivity contribution in [1.82, 2.24) is 0 Å². The number of hydrogen-bond acceptors (Lipinski definition) is 1. The number of carbonyl (C=O) groups is 1. The first-order chi connectivity index (χ1) is 12.5. The Morgan fingerprint density at radius 1 is 1.00 bits per heavy atom. The summed E-state index contributed by atoms with van der Waals surface area (Å²) in [5.74, 6) is -1.85. The van der Waals surface area contributed by atoms with E-state index in [0.29, 0.717) is 0 Å². The Bertz CT molecular complexity index is 753. The van der Waals surface area contributed by atoms with E-state index < -0.39 is 11.6 Å². The van der Waals surface area contributed by atoms with Crippen LogP contribution in [0.15, 0.2) is 42.5 Å². The summed E-state index contributed by atoms with van der Waals surface area (Å²) in [6.45, 7) is 7.00. The van der Waals surface area contributed by atoms with Gasteiger partial charge in [0.2, 0.25) is 0 Å². The largest absolute Gasteiger partial charge is 0.322 e. The van der Waals surface area contributed by atoms with Crippen LogP contribution in [0.2, 0.25) is 0 Å². The van der Waals surface area contributed by atoms with E-state index in [4.69, 9.17) is 0 Å². The van der Waals surface area contributed by atoms with Crippen LogP contribution in [0.3, 0.4) is 0 Å². The molecule has 3 rings (SSSR count). The third-order valence-electron chi connectivity index (χ3n) is 4.84. The number of halogens is 2. The van der Waals surface area contributed by atoms with E-state index in [9.17, 15) is 13.6 Å². The molecule has 0 unspecified atom stereocenters. The first-order valence-electron chi connectivity index (χ1n) is 8.98. The van der Waals surface area contributed by atoms with E-state index in [-0.39, 0.29) is 18.1 Å². The highest BCUT2D eigenvalue weighted by molar-refractivity contribution is 5.91. The van der Waals surface area contributed by atoms with Gasteiger partial charge in [0.25, 0.3) is 5.91 Å². The molecule has 2 aromatic rings. The Labute approximate surface area is 152 Å². The normalized spacial score (nSPS) is 20.0. The molecule has 0 aromatic heterocycles. The summed E-state index contributed by atoms with van der Waals surface area (Å²) in [6, 6.07) is 12.1. The van der Waals surface area contributed by atoms with Crippen LogP contribution in [0.4, 0.5) is 14.5 Å². The average Bonchev–Trinajstić information content (AvgIpc) is 2.60. The highest BCUT2D eigenvalue weighted by Crippen LogP contribution is 2.17. The molecule has 1 saturated heterocycles. The zero-order valence-electron chi connectivity index (χ0n) is 14.9. The zero-order chi connectivity index (χ0) is 18.5. The van der Waals surface area contributed by atoms with E-state index in [2.05, 4.69) is 36.5 Å². The number of benzene rings is 2. The van der Waals surface area contributed by atoms with E-state index >= 15 is 0 Å². The fraction of sp³-hybridized carbons (Fsp3) is 0.350. The van der Waals surface area contributed by atoms with Gasteiger partial charge in [-0.25, -0.2) is 8.78 Å². The smallest absolute Gasteiger partial charge is 0.279 e. The maximum absolute atomic E-state index is 13.6. The highest BCUT2D eigenvalue weighted by Gasteiger charge is 2.25. The fourth-order valence-electron chi connectivity index (χ4n) is 3.45. The Morgan fingerprint density at radius 2 is 1.62 bits per heavy atom. The molecule has 6 heteroatoms. The van der Waals surface area contributed by atoms with Gasteiger partial charge in [0.05, 0.1) is 0 Å². The Hall–Kier alpha value is -2.31. The number of aryl methyl sites for hydroxylation is 1. The molecular formula is C20H25F2N3O+2. The van der Waals surface area contributed by atoms with Gasteiger partial charge in [0.15, 0.2) is 6.54 Å². The second kappa shape index (κ2) is 8.38. The first kappa shape index (κ1) is 18.5. The van der Waals surface area contributed by atoms with Crippen LogP contribution in [0, 0.1) is 18.6 Å². The average molecular weight is 361 g/mol. The maximum atomic E-state index is 13.6. The Morgan fingerprint density at radius 3 is 2.27 bits per heavy atom. The van der Waals surface area contributed by atoms with Crippen LogP contribution in [-0.2, 0) is 11.3 Å². The van der Waals surface area contributed by atoms with Crippen molar-refractivity contribution in [2.45, 2.75) is 13.5 Å². The number of carbonyl (C=O) groups excluding carboxylic acids is 1. The molecule has 1 aliphatic rings. The van der Waals surface area contributed by atoms with Crippen molar-refractivity contribution in [1.29, 1.82) is 0 Å². The van der Waals surface area contributed by atoms with Crippen molar-refractivity contribution in [2.24, 2.45) is 0 Å². The minimum atomic E-state index is -0.749. The molecule has 1 amide bonds.